The van der Waals surface area contributed by atoms with Crippen LogP contribution in [0.15, 0.2) is 0 Å². The Labute approximate surface area is 113 Å². The van der Waals surface area contributed by atoms with Crippen LogP contribution in [0.2, 0.25) is 0 Å². The van der Waals surface area contributed by atoms with Crippen LogP contribution in [0.3, 0.4) is 0 Å². The van der Waals surface area contributed by atoms with Crippen molar-refractivity contribution in [2.75, 3.05) is 18.8 Å². The van der Waals surface area contributed by atoms with E-state index in [1.165, 1.54) is 4.88 Å². The van der Waals surface area contributed by atoms with Crippen molar-refractivity contribution in [1.82, 2.24) is 9.88 Å². The minimum atomic E-state index is -2.95. The summed E-state index contributed by atoms with van der Waals surface area (Å²) in [7, 11) is -2.95. The van der Waals surface area contributed by atoms with Gasteiger partial charge in [0.05, 0.1) is 22.7 Å². The predicted molar refractivity (Wildman–Crippen MR) is 74.7 cm³/mol. The van der Waals surface area contributed by atoms with E-state index in [-0.39, 0.29) is 5.75 Å². The maximum Gasteiger partial charge on any atom is 0.157 e. The quantitative estimate of drug-likeness (QED) is 0.832. The molecule has 1 saturated heterocycles. The molecule has 2 rings (SSSR count). The maximum absolute atomic E-state index is 11.9. The molecule has 2 heterocycles. The molecule has 1 aliphatic heterocycles. The SMILES string of the molecule is Cc1nc(CN2CCS(=O)(=O)C(C)(C)C2)sc1C. The van der Waals surface area contributed by atoms with Gasteiger partial charge in [0, 0.05) is 18.0 Å². The lowest BCUT2D eigenvalue weighted by Gasteiger charge is -2.37. The summed E-state index contributed by atoms with van der Waals surface area (Å²) in [6.07, 6.45) is 0. The third kappa shape index (κ3) is 2.60. The van der Waals surface area contributed by atoms with Crippen LogP contribution in [0.25, 0.3) is 0 Å². The normalized spacial score (nSPS) is 23.1. The lowest BCUT2D eigenvalue weighted by molar-refractivity contribution is 0.241. The number of thiazole rings is 1. The molecular weight excluding hydrogens is 268 g/mol. The molecule has 1 aromatic rings. The summed E-state index contributed by atoms with van der Waals surface area (Å²) in [5.74, 6) is 0.253. The number of hydrogen-bond donors (Lipinski definition) is 0. The summed E-state index contributed by atoms with van der Waals surface area (Å²) in [6, 6.07) is 0. The predicted octanol–water partition coefficient (Wildman–Crippen LogP) is 1.77. The lowest BCUT2D eigenvalue weighted by atomic mass is 10.2. The summed E-state index contributed by atoms with van der Waals surface area (Å²) in [6.45, 7) is 9.68. The Morgan fingerprint density at radius 2 is 2.06 bits per heavy atom. The Bertz CT molecular complexity index is 527. The topological polar surface area (TPSA) is 50.3 Å². The van der Waals surface area contributed by atoms with Crippen LogP contribution in [0.5, 0.6) is 0 Å². The van der Waals surface area contributed by atoms with Crippen molar-refractivity contribution < 1.29 is 8.42 Å². The van der Waals surface area contributed by atoms with Crippen LogP contribution in [-0.4, -0.2) is 41.9 Å². The molecule has 1 fully saturated rings. The second kappa shape index (κ2) is 4.58. The van der Waals surface area contributed by atoms with Gasteiger partial charge in [-0.15, -0.1) is 11.3 Å². The molecule has 0 saturated carbocycles. The van der Waals surface area contributed by atoms with E-state index < -0.39 is 14.6 Å². The zero-order valence-electron chi connectivity index (χ0n) is 11.4. The first-order valence-electron chi connectivity index (χ1n) is 6.09. The number of hydrogen-bond acceptors (Lipinski definition) is 5. The summed E-state index contributed by atoms with van der Waals surface area (Å²) >= 11 is 1.71. The molecular formula is C12H20N2O2S2. The van der Waals surface area contributed by atoms with Crippen LogP contribution in [0.4, 0.5) is 0 Å². The van der Waals surface area contributed by atoms with E-state index in [4.69, 9.17) is 0 Å². The Balaban J connectivity index is 2.09. The highest BCUT2D eigenvalue weighted by molar-refractivity contribution is 7.92. The second-order valence-corrected chi connectivity index (χ2v) is 9.57. The Hall–Kier alpha value is -0.460. The first-order valence-corrected chi connectivity index (χ1v) is 8.56. The lowest BCUT2D eigenvalue weighted by Crippen LogP contribution is -2.52. The Kier molecular flexibility index (Phi) is 3.55. The van der Waals surface area contributed by atoms with Crippen LogP contribution in [0, 0.1) is 13.8 Å². The van der Waals surface area contributed by atoms with Gasteiger partial charge in [0.1, 0.15) is 5.01 Å². The third-order valence-electron chi connectivity index (χ3n) is 3.55. The third-order valence-corrected chi connectivity index (χ3v) is 7.14. The van der Waals surface area contributed by atoms with Crippen molar-refractivity contribution in [2.45, 2.75) is 39.0 Å². The van der Waals surface area contributed by atoms with E-state index in [0.717, 1.165) is 17.2 Å². The molecule has 0 aromatic carbocycles. The number of rotatable bonds is 2. The first-order chi connectivity index (χ1) is 8.21. The Morgan fingerprint density at radius 3 is 2.56 bits per heavy atom. The van der Waals surface area contributed by atoms with Crippen molar-refractivity contribution >= 4 is 21.2 Å². The van der Waals surface area contributed by atoms with Crippen molar-refractivity contribution in [2.24, 2.45) is 0 Å². The number of sulfone groups is 1. The second-order valence-electron chi connectivity index (χ2n) is 5.54. The minimum Gasteiger partial charge on any atom is -0.294 e. The van der Waals surface area contributed by atoms with Crippen LogP contribution >= 0.6 is 11.3 Å². The van der Waals surface area contributed by atoms with E-state index in [0.29, 0.717) is 13.1 Å². The fraction of sp³-hybridized carbons (Fsp3) is 0.750. The zero-order valence-corrected chi connectivity index (χ0v) is 13.0. The molecule has 0 radical (unpaired) electrons. The van der Waals surface area contributed by atoms with Gasteiger partial charge in [-0.2, -0.15) is 0 Å². The van der Waals surface area contributed by atoms with E-state index >= 15 is 0 Å². The molecule has 0 bridgehead atoms. The number of aromatic nitrogens is 1. The van der Waals surface area contributed by atoms with Crippen molar-refractivity contribution in [3.63, 3.8) is 0 Å². The van der Waals surface area contributed by atoms with Gasteiger partial charge < -0.3 is 0 Å². The zero-order chi connectivity index (χ0) is 13.6. The van der Waals surface area contributed by atoms with E-state index in [9.17, 15) is 8.42 Å². The van der Waals surface area contributed by atoms with E-state index in [1.807, 2.05) is 20.8 Å². The largest absolute Gasteiger partial charge is 0.294 e. The van der Waals surface area contributed by atoms with Crippen LogP contribution < -0.4 is 0 Å². The van der Waals surface area contributed by atoms with Crippen LogP contribution in [-0.2, 0) is 16.4 Å². The first kappa shape index (κ1) is 14.0. The van der Waals surface area contributed by atoms with Gasteiger partial charge in [-0.1, -0.05) is 0 Å². The highest BCUT2D eigenvalue weighted by atomic mass is 32.2. The molecule has 0 aliphatic carbocycles. The molecule has 1 aromatic heterocycles. The molecule has 4 nitrogen and oxygen atoms in total. The van der Waals surface area contributed by atoms with Crippen molar-refractivity contribution in [3.8, 4) is 0 Å². The summed E-state index contributed by atoms with van der Waals surface area (Å²) in [4.78, 5) is 7.95. The van der Waals surface area contributed by atoms with Crippen molar-refractivity contribution in [1.29, 1.82) is 0 Å². The van der Waals surface area contributed by atoms with Gasteiger partial charge in [0.15, 0.2) is 9.84 Å². The van der Waals surface area contributed by atoms with Gasteiger partial charge in [-0.05, 0) is 27.7 Å². The Morgan fingerprint density at radius 1 is 1.39 bits per heavy atom. The van der Waals surface area contributed by atoms with Gasteiger partial charge in [0.2, 0.25) is 0 Å². The molecule has 1 aliphatic rings. The average Bonchev–Trinajstić information content (AvgIpc) is 2.52. The van der Waals surface area contributed by atoms with Crippen LogP contribution in [0.1, 0.15) is 29.4 Å². The standard InChI is InChI=1S/C12H20N2O2S2/c1-9-10(2)17-11(13-9)7-14-5-6-18(15,16)12(3,4)8-14/h5-8H2,1-4H3. The fourth-order valence-electron chi connectivity index (χ4n) is 2.17. The van der Waals surface area contributed by atoms with E-state index in [1.54, 1.807) is 11.3 Å². The summed E-state index contributed by atoms with van der Waals surface area (Å²) < 4.78 is 23.2. The summed E-state index contributed by atoms with van der Waals surface area (Å²) in [5.41, 5.74) is 1.08. The molecule has 0 unspecified atom stereocenters. The molecule has 18 heavy (non-hydrogen) atoms. The maximum atomic E-state index is 11.9. The van der Waals surface area contributed by atoms with E-state index in [2.05, 4.69) is 16.8 Å². The summed E-state index contributed by atoms with van der Waals surface area (Å²) in [5, 5.41) is 1.08. The van der Waals surface area contributed by atoms with Gasteiger partial charge in [-0.3, -0.25) is 4.90 Å². The highest BCUT2D eigenvalue weighted by Crippen LogP contribution is 2.26. The fourth-order valence-corrected chi connectivity index (χ4v) is 4.58. The highest BCUT2D eigenvalue weighted by Gasteiger charge is 2.40. The smallest absolute Gasteiger partial charge is 0.157 e. The average molecular weight is 288 g/mol. The monoisotopic (exact) mass is 288 g/mol. The molecule has 0 N–H and O–H groups in total. The number of nitrogens with zero attached hydrogens (tertiary/aromatic N) is 2. The molecule has 0 atom stereocenters. The van der Waals surface area contributed by atoms with Gasteiger partial charge in [0.25, 0.3) is 0 Å². The molecule has 0 amide bonds. The molecule has 102 valence electrons. The molecule has 6 heteroatoms. The van der Waals surface area contributed by atoms with Crippen molar-refractivity contribution in [3.05, 3.63) is 15.6 Å². The van der Waals surface area contributed by atoms with Gasteiger partial charge >= 0.3 is 0 Å². The van der Waals surface area contributed by atoms with Gasteiger partial charge in [-0.25, -0.2) is 13.4 Å². The molecule has 0 spiro atoms. The minimum absolute atomic E-state index is 0.253. The number of aryl methyl sites for hydroxylation is 2.